The Morgan fingerprint density at radius 3 is 2.14 bits per heavy atom. The van der Waals surface area contributed by atoms with Crippen molar-refractivity contribution in [3.63, 3.8) is 0 Å². The van der Waals surface area contributed by atoms with Gasteiger partial charge in [0.15, 0.2) is 0 Å². The second-order valence-electron chi connectivity index (χ2n) is 6.77. The number of nitrogens with one attached hydrogen (secondary N) is 2. The van der Waals surface area contributed by atoms with E-state index in [0.717, 1.165) is 22.4 Å². The highest BCUT2D eigenvalue weighted by Crippen LogP contribution is 2.18. The van der Waals surface area contributed by atoms with Crippen molar-refractivity contribution < 1.29 is 13.2 Å². The van der Waals surface area contributed by atoms with Crippen molar-refractivity contribution in [1.82, 2.24) is 5.32 Å². The molecule has 0 saturated heterocycles. The van der Waals surface area contributed by atoms with Crippen LogP contribution in [-0.4, -0.2) is 14.3 Å². The smallest absolute Gasteiger partial charge is 0.246 e. The van der Waals surface area contributed by atoms with Crippen LogP contribution in [0.2, 0.25) is 0 Å². The average Bonchev–Trinajstić information content (AvgIpc) is 2.70. The summed E-state index contributed by atoms with van der Waals surface area (Å²) in [6.07, 6.45) is 0. The Morgan fingerprint density at radius 1 is 0.931 bits per heavy atom. The van der Waals surface area contributed by atoms with E-state index in [1.807, 2.05) is 61.5 Å². The van der Waals surface area contributed by atoms with Crippen molar-refractivity contribution in [1.29, 1.82) is 0 Å². The van der Waals surface area contributed by atoms with Crippen LogP contribution in [0.15, 0.2) is 83.8 Å². The molecule has 0 radical (unpaired) electrons. The lowest BCUT2D eigenvalue weighted by atomic mass is 10.1. The fourth-order valence-corrected chi connectivity index (χ4v) is 3.39. The van der Waals surface area contributed by atoms with Crippen molar-refractivity contribution in [2.45, 2.75) is 24.4 Å². The number of carbonyl (C=O) groups excluding carboxylic acids is 1. The van der Waals surface area contributed by atoms with Crippen LogP contribution in [0.3, 0.4) is 0 Å². The highest BCUT2D eigenvalue weighted by molar-refractivity contribution is 7.89. The molecule has 0 heterocycles. The molecule has 4 N–H and O–H groups in total. The number of sulfonamides is 1. The lowest BCUT2D eigenvalue weighted by Gasteiger charge is -2.19. The van der Waals surface area contributed by atoms with Crippen LogP contribution in [0.1, 0.15) is 22.7 Å². The number of aryl methyl sites for hydroxylation is 1. The zero-order chi connectivity index (χ0) is 20.9. The summed E-state index contributed by atoms with van der Waals surface area (Å²) < 4.78 is 22.8. The summed E-state index contributed by atoms with van der Waals surface area (Å²) in [4.78, 5) is 13.0. The number of benzene rings is 3. The topological polar surface area (TPSA) is 101 Å². The molecule has 29 heavy (non-hydrogen) atoms. The molecule has 0 aliphatic carbocycles. The molecule has 1 amide bonds. The predicted molar refractivity (Wildman–Crippen MR) is 114 cm³/mol. The van der Waals surface area contributed by atoms with E-state index in [9.17, 15) is 13.2 Å². The second-order valence-corrected chi connectivity index (χ2v) is 8.33. The molecule has 0 aromatic heterocycles. The molecule has 3 aromatic rings. The van der Waals surface area contributed by atoms with Gasteiger partial charge in [-0.3, -0.25) is 10.1 Å². The first kappa shape index (κ1) is 20.7. The number of rotatable bonds is 7. The Hall–Kier alpha value is -3.00. The van der Waals surface area contributed by atoms with Gasteiger partial charge in [0, 0.05) is 12.2 Å². The summed E-state index contributed by atoms with van der Waals surface area (Å²) >= 11 is 0. The van der Waals surface area contributed by atoms with E-state index >= 15 is 0 Å². The van der Waals surface area contributed by atoms with Gasteiger partial charge in [0.05, 0.1) is 4.90 Å². The van der Waals surface area contributed by atoms with E-state index in [1.165, 1.54) is 12.1 Å². The summed E-state index contributed by atoms with van der Waals surface area (Å²) in [5.74, 6) is -0.179. The third-order valence-electron chi connectivity index (χ3n) is 4.48. The Labute approximate surface area is 170 Å². The average molecular weight is 410 g/mol. The molecule has 6 nitrogen and oxygen atoms in total. The second kappa shape index (κ2) is 9.00. The maximum atomic E-state index is 12.9. The molecule has 1 atom stereocenters. The van der Waals surface area contributed by atoms with Crippen molar-refractivity contribution >= 4 is 21.6 Å². The fourth-order valence-electron chi connectivity index (χ4n) is 2.88. The van der Waals surface area contributed by atoms with E-state index in [4.69, 9.17) is 5.14 Å². The Bertz CT molecular complexity index is 1060. The number of nitrogens with two attached hydrogens (primary N) is 1. The zero-order valence-electron chi connectivity index (χ0n) is 16.0. The Kier molecular flexibility index (Phi) is 6.43. The first-order chi connectivity index (χ1) is 13.8. The molecule has 0 aliphatic heterocycles. The number of hydrogen-bond acceptors (Lipinski definition) is 4. The maximum absolute atomic E-state index is 12.9. The minimum atomic E-state index is -3.73. The van der Waals surface area contributed by atoms with Gasteiger partial charge in [-0.25, -0.2) is 13.6 Å². The molecular weight excluding hydrogens is 386 g/mol. The van der Waals surface area contributed by atoms with E-state index in [2.05, 4.69) is 10.6 Å². The van der Waals surface area contributed by atoms with Crippen molar-refractivity contribution in [2.75, 3.05) is 5.32 Å². The van der Waals surface area contributed by atoms with Gasteiger partial charge in [0.25, 0.3) is 0 Å². The zero-order valence-corrected chi connectivity index (χ0v) is 16.8. The fraction of sp³-hybridized carbons (Fsp3) is 0.136. The van der Waals surface area contributed by atoms with Crippen LogP contribution in [0.5, 0.6) is 0 Å². The molecule has 0 fully saturated rings. The Balaban J connectivity index is 1.75. The number of carbonyl (C=O) groups is 1. The van der Waals surface area contributed by atoms with Crippen LogP contribution in [-0.2, 0) is 21.4 Å². The molecule has 150 valence electrons. The van der Waals surface area contributed by atoms with Gasteiger partial charge in [-0.05, 0) is 42.3 Å². The highest BCUT2D eigenvalue weighted by Gasteiger charge is 2.20. The molecule has 0 bridgehead atoms. The minimum absolute atomic E-state index is 0.0537. The van der Waals surface area contributed by atoms with Gasteiger partial charge >= 0.3 is 0 Å². The van der Waals surface area contributed by atoms with Crippen LogP contribution < -0.4 is 15.8 Å². The quantitative estimate of drug-likeness (QED) is 0.558. The van der Waals surface area contributed by atoms with Crippen LogP contribution in [0.4, 0.5) is 5.69 Å². The van der Waals surface area contributed by atoms with Crippen LogP contribution >= 0.6 is 0 Å². The first-order valence-corrected chi connectivity index (χ1v) is 10.7. The van der Waals surface area contributed by atoms with Crippen LogP contribution in [0, 0.1) is 6.92 Å². The number of anilines is 1. The summed E-state index contributed by atoms with van der Waals surface area (Å²) in [7, 11) is -3.73. The standard InChI is InChI=1S/C22H23N3O3S/c1-16-7-11-19(12-8-16)25-22(26)21(18-5-3-2-4-6-18)24-15-17-9-13-20(14-10-17)29(23,27)28/h2-14,21,24H,15H2,1H3,(H,25,26)(H2,23,27,28)/t21-/m0/s1. The molecule has 0 saturated carbocycles. The summed E-state index contributed by atoms with van der Waals surface area (Å²) in [5.41, 5.74) is 3.50. The van der Waals surface area contributed by atoms with Gasteiger partial charge in [-0.1, -0.05) is 60.2 Å². The molecule has 0 unspecified atom stereocenters. The monoisotopic (exact) mass is 409 g/mol. The molecule has 3 rings (SSSR count). The maximum Gasteiger partial charge on any atom is 0.246 e. The van der Waals surface area contributed by atoms with E-state index in [1.54, 1.807) is 12.1 Å². The van der Waals surface area contributed by atoms with E-state index < -0.39 is 16.1 Å². The van der Waals surface area contributed by atoms with Gasteiger partial charge < -0.3 is 5.32 Å². The van der Waals surface area contributed by atoms with Crippen LogP contribution in [0.25, 0.3) is 0 Å². The number of primary sulfonamides is 1. The summed E-state index contributed by atoms with van der Waals surface area (Å²) in [5, 5.41) is 11.3. The Morgan fingerprint density at radius 2 is 1.55 bits per heavy atom. The molecule has 7 heteroatoms. The molecule has 3 aromatic carbocycles. The van der Waals surface area contributed by atoms with Gasteiger partial charge in [-0.2, -0.15) is 0 Å². The highest BCUT2D eigenvalue weighted by atomic mass is 32.2. The molecular formula is C22H23N3O3S. The first-order valence-electron chi connectivity index (χ1n) is 9.10. The van der Waals surface area contributed by atoms with Crippen molar-refractivity contribution in [3.05, 3.63) is 95.6 Å². The summed E-state index contributed by atoms with van der Waals surface area (Å²) in [6.45, 7) is 2.37. The van der Waals surface area contributed by atoms with Crippen molar-refractivity contribution in [2.24, 2.45) is 5.14 Å². The van der Waals surface area contributed by atoms with Gasteiger partial charge in [-0.15, -0.1) is 0 Å². The van der Waals surface area contributed by atoms with E-state index in [0.29, 0.717) is 6.54 Å². The third-order valence-corrected chi connectivity index (χ3v) is 5.41. The van der Waals surface area contributed by atoms with Gasteiger partial charge in [0.1, 0.15) is 6.04 Å². The normalized spacial score (nSPS) is 12.3. The minimum Gasteiger partial charge on any atom is -0.324 e. The lowest BCUT2D eigenvalue weighted by Crippen LogP contribution is -2.32. The predicted octanol–water partition coefficient (Wildman–Crippen LogP) is 3.11. The molecule has 0 aliphatic rings. The number of amides is 1. The summed E-state index contributed by atoms with van der Waals surface area (Å²) in [6, 6.07) is 22.7. The molecule has 0 spiro atoms. The SMILES string of the molecule is Cc1ccc(NC(=O)[C@@H](NCc2ccc(S(N)(=O)=O)cc2)c2ccccc2)cc1. The van der Waals surface area contributed by atoms with E-state index in [-0.39, 0.29) is 10.8 Å². The third kappa shape index (κ3) is 5.74. The largest absolute Gasteiger partial charge is 0.324 e. The lowest BCUT2D eigenvalue weighted by molar-refractivity contribution is -0.118. The van der Waals surface area contributed by atoms with Crippen molar-refractivity contribution in [3.8, 4) is 0 Å². The van der Waals surface area contributed by atoms with Gasteiger partial charge in [0.2, 0.25) is 15.9 Å². The number of hydrogen-bond donors (Lipinski definition) is 3.